The Labute approximate surface area is 119 Å². The van der Waals surface area contributed by atoms with Gasteiger partial charge in [0.1, 0.15) is 0 Å². The molecule has 0 aromatic heterocycles. The number of rotatable bonds is 6. The van der Waals surface area contributed by atoms with Crippen LogP contribution in [0.2, 0.25) is 0 Å². The van der Waals surface area contributed by atoms with Crippen LogP contribution in [0.3, 0.4) is 0 Å². The highest BCUT2D eigenvalue weighted by molar-refractivity contribution is 4.89. The van der Waals surface area contributed by atoms with Gasteiger partial charge in [0.2, 0.25) is 0 Å². The zero-order valence-electron chi connectivity index (χ0n) is 12.9. The lowest BCUT2D eigenvalue weighted by molar-refractivity contribution is 0.0714. The highest BCUT2D eigenvalue weighted by atomic mass is 16.5. The molecule has 1 aliphatic carbocycles. The molecule has 1 heterocycles. The van der Waals surface area contributed by atoms with Gasteiger partial charge >= 0.3 is 0 Å². The molecule has 1 aliphatic heterocycles. The third-order valence-electron chi connectivity index (χ3n) is 4.89. The lowest BCUT2D eigenvalue weighted by atomic mass is 9.82. The van der Waals surface area contributed by atoms with E-state index in [1.807, 2.05) is 0 Å². The Morgan fingerprint density at radius 3 is 2.68 bits per heavy atom. The molecule has 1 saturated carbocycles. The van der Waals surface area contributed by atoms with Crippen LogP contribution >= 0.6 is 0 Å². The Kier molecular flexibility index (Phi) is 6.62. The SMILES string of the molecule is COCCCCN1CC(C)NCC1C1CCCCC1. The minimum Gasteiger partial charge on any atom is -0.385 e. The van der Waals surface area contributed by atoms with Crippen LogP contribution < -0.4 is 5.32 Å². The molecule has 2 atom stereocenters. The topological polar surface area (TPSA) is 24.5 Å². The average molecular weight is 268 g/mol. The summed E-state index contributed by atoms with van der Waals surface area (Å²) in [6, 6.07) is 1.45. The van der Waals surface area contributed by atoms with Gasteiger partial charge in [-0.1, -0.05) is 19.3 Å². The van der Waals surface area contributed by atoms with E-state index in [4.69, 9.17) is 4.74 Å². The fourth-order valence-corrected chi connectivity index (χ4v) is 3.80. The monoisotopic (exact) mass is 268 g/mol. The van der Waals surface area contributed by atoms with Gasteiger partial charge < -0.3 is 10.1 Å². The normalized spacial score (nSPS) is 30.6. The molecule has 0 aromatic carbocycles. The van der Waals surface area contributed by atoms with Crippen molar-refractivity contribution in [2.45, 2.75) is 64.0 Å². The van der Waals surface area contributed by atoms with Crippen molar-refractivity contribution in [2.75, 3.05) is 33.4 Å². The molecular weight excluding hydrogens is 236 g/mol. The summed E-state index contributed by atoms with van der Waals surface area (Å²) < 4.78 is 5.16. The Balaban J connectivity index is 1.82. The lowest BCUT2D eigenvalue weighted by Gasteiger charge is -2.44. The molecule has 1 N–H and O–H groups in total. The Bertz CT molecular complexity index is 241. The first-order valence-corrected chi connectivity index (χ1v) is 8.27. The van der Waals surface area contributed by atoms with Crippen molar-refractivity contribution in [2.24, 2.45) is 5.92 Å². The van der Waals surface area contributed by atoms with E-state index in [0.29, 0.717) is 6.04 Å². The third kappa shape index (κ3) is 4.73. The van der Waals surface area contributed by atoms with E-state index in [2.05, 4.69) is 17.1 Å². The summed E-state index contributed by atoms with van der Waals surface area (Å²) in [6.07, 6.45) is 9.75. The zero-order valence-corrected chi connectivity index (χ0v) is 12.9. The van der Waals surface area contributed by atoms with Crippen molar-refractivity contribution >= 4 is 0 Å². The molecule has 0 bridgehead atoms. The Morgan fingerprint density at radius 2 is 1.95 bits per heavy atom. The minimum absolute atomic E-state index is 0.655. The predicted octanol–water partition coefficient (Wildman–Crippen LogP) is 2.66. The number of methoxy groups -OCH3 is 1. The van der Waals surface area contributed by atoms with E-state index in [9.17, 15) is 0 Å². The van der Waals surface area contributed by atoms with Crippen LogP contribution in [0.1, 0.15) is 51.9 Å². The number of hydrogen-bond acceptors (Lipinski definition) is 3. The summed E-state index contributed by atoms with van der Waals surface area (Å²) in [5.74, 6) is 0.941. The van der Waals surface area contributed by atoms with Crippen molar-refractivity contribution < 1.29 is 4.74 Å². The maximum atomic E-state index is 5.16. The molecule has 112 valence electrons. The number of nitrogens with zero attached hydrogens (tertiary/aromatic N) is 1. The first-order chi connectivity index (χ1) is 9.31. The first kappa shape index (κ1) is 15.3. The van der Waals surface area contributed by atoms with Gasteiger partial charge in [0.15, 0.2) is 0 Å². The minimum atomic E-state index is 0.655. The number of piperazine rings is 1. The van der Waals surface area contributed by atoms with Crippen LogP contribution in [0.4, 0.5) is 0 Å². The number of ether oxygens (including phenoxy) is 1. The largest absolute Gasteiger partial charge is 0.385 e. The molecule has 0 radical (unpaired) electrons. The van der Waals surface area contributed by atoms with Crippen LogP contribution in [0, 0.1) is 5.92 Å². The maximum absolute atomic E-state index is 5.16. The van der Waals surface area contributed by atoms with Gasteiger partial charge in [-0.15, -0.1) is 0 Å². The van der Waals surface area contributed by atoms with Crippen LogP contribution in [-0.2, 0) is 4.74 Å². The Hall–Kier alpha value is -0.120. The summed E-state index contributed by atoms with van der Waals surface area (Å²) in [5.41, 5.74) is 0. The van der Waals surface area contributed by atoms with Gasteiger partial charge in [0.05, 0.1) is 0 Å². The number of nitrogens with one attached hydrogen (secondary N) is 1. The van der Waals surface area contributed by atoms with E-state index in [0.717, 1.165) is 18.6 Å². The van der Waals surface area contributed by atoms with E-state index in [-0.39, 0.29) is 0 Å². The second-order valence-corrected chi connectivity index (χ2v) is 6.47. The van der Waals surface area contributed by atoms with Crippen LogP contribution in [0.25, 0.3) is 0 Å². The molecule has 0 aromatic rings. The molecular formula is C16H32N2O. The second-order valence-electron chi connectivity index (χ2n) is 6.47. The number of unbranched alkanes of at least 4 members (excludes halogenated alkanes) is 1. The molecule has 19 heavy (non-hydrogen) atoms. The van der Waals surface area contributed by atoms with Crippen LogP contribution in [-0.4, -0.2) is 50.3 Å². The summed E-state index contributed by atoms with van der Waals surface area (Å²) in [4.78, 5) is 2.77. The summed E-state index contributed by atoms with van der Waals surface area (Å²) in [6.45, 7) is 6.93. The van der Waals surface area contributed by atoms with E-state index < -0.39 is 0 Å². The molecule has 2 unspecified atom stereocenters. The molecule has 2 aliphatic rings. The fourth-order valence-electron chi connectivity index (χ4n) is 3.80. The van der Waals surface area contributed by atoms with Gasteiger partial charge in [-0.3, -0.25) is 4.90 Å². The highest BCUT2D eigenvalue weighted by Gasteiger charge is 2.32. The van der Waals surface area contributed by atoms with Crippen LogP contribution in [0.5, 0.6) is 0 Å². The molecule has 3 heteroatoms. The van der Waals surface area contributed by atoms with Crippen LogP contribution in [0.15, 0.2) is 0 Å². The van der Waals surface area contributed by atoms with E-state index >= 15 is 0 Å². The average Bonchev–Trinajstić information content (AvgIpc) is 2.45. The van der Waals surface area contributed by atoms with Gasteiger partial charge in [0.25, 0.3) is 0 Å². The maximum Gasteiger partial charge on any atom is 0.0462 e. The number of hydrogen-bond donors (Lipinski definition) is 1. The van der Waals surface area contributed by atoms with Crippen molar-refractivity contribution in [1.29, 1.82) is 0 Å². The second kappa shape index (κ2) is 8.23. The first-order valence-electron chi connectivity index (χ1n) is 8.27. The molecule has 2 rings (SSSR count). The summed E-state index contributed by atoms with van der Waals surface area (Å²) in [5, 5.41) is 3.69. The molecule has 2 fully saturated rings. The molecule has 0 spiro atoms. The summed E-state index contributed by atoms with van der Waals surface area (Å²) >= 11 is 0. The standard InChI is InChI=1S/C16H32N2O/c1-14-13-18(10-6-7-11-19-2)16(12-17-14)15-8-4-3-5-9-15/h14-17H,3-13H2,1-2H3. The molecule has 3 nitrogen and oxygen atoms in total. The predicted molar refractivity (Wildman–Crippen MR) is 80.5 cm³/mol. The zero-order chi connectivity index (χ0) is 13.5. The fraction of sp³-hybridized carbons (Fsp3) is 1.00. The quantitative estimate of drug-likeness (QED) is 0.750. The van der Waals surface area contributed by atoms with Crippen molar-refractivity contribution in [3.8, 4) is 0 Å². The highest BCUT2D eigenvalue weighted by Crippen LogP contribution is 2.30. The molecule has 1 saturated heterocycles. The van der Waals surface area contributed by atoms with Crippen molar-refractivity contribution in [3.05, 3.63) is 0 Å². The Morgan fingerprint density at radius 1 is 1.16 bits per heavy atom. The van der Waals surface area contributed by atoms with E-state index in [1.54, 1.807) is 7.11 Å². The summed E-state index contributed by atoms with van der Waals surface area (Å²) in [7, 11) is 1.80. The smallest absolute Gasteiger partial charge is 0.0462 e. The van der Waals surface area contributed by atoms with Crippen molar-refractivity contribution in [1.82, 2.24) is 10.2 Å². The van der Waals surface area contributed by atoms with Gasteiger partial charge in [-0.05, 0) is 45.1 Å². The third-order valence-corrected chi connectivity index (χ3v) is 4.89. The van der Waals surface area contributed by atoms with Crippen molar-refractivity contribution in [3.63, 3.8) is 0 Å². The van der Waals surface area contributed by atoms with Gasteiger partial charge in [-0.25, -0.2) is 0 Å². The molecule has 0 amide bonds. The van der Waals surface area contributed by atoms with Gasteiger partial charge in [-0.2, -0.15) is 0 Å². The van der Waals surface area contributed by atoms with Gasteiger partial charge in [0, 0.05) is 38.9 Å². The van der Waals surface area contributed by atoms with E-state index in [1.165, 1.54) is 64.6 Å². The lowest BCUT2D eigenvalue weighted by Crippen LogP contribution is -2.58.